The lowest BCUT2D eigenvalue weighted by molar-refractivity contribution is -0.0618. The Hall–Kier alpha value is -4.63. The monoisotopic (exact) mass is 1220 g/mol. The Bertz CT molecular complexity index is 3450. The zero-order chi connectivity index (χ0) is 57.9. The lowest BCUT2D eigenvalue weighted by atomic mass is 10.1. The minimum Gasteiger partial charge on any atom is -0.408 e. The number of hydrogen-bond donors (Lipinski definition) is 2. The first-order valence-corrected chi connectivity index (χ1v) is 37.8. The van der Waals surface area contributed by atoms with Gasteiger partial charge in [-0.05, 0) is 103 Å². The van der Waals surface area contributed by atoms with E-state index in [0.29, 0.717) is 47.4 Å². The van der Waals surface area contributed by atoms with Crippen molar-refractivity contribution in [1.82, 2.24) is 34.1 Å². The Morgan fingerprint density at radius 3 is 2.10 bits per heavy atom. The number of nitrogens with zero attached hydrogens (tertiary/aromatic N) is 9. The molecule has 0 radical (unpaired) electrons. The van der Waals surface area contributed by atoms with Crippen molar-refractivity contribution < 1.29 is 55.4 Å². The molecule has 0 saturated carbocycles. The van der Waals surface area contributed by atoms with Gasteiger partial charge in [-0.2, -0.15) is 5.26 Å². The van der Waals surface area contributed by atoms with E-state index in [9.17, 15) is 19.7 Å². The third kappa shape index (κ3) is 12.2. The van der Waals surface area contributed by atoms with Crippen molar-refractivity contribution in [3.05, 3.63) is 103 Å². The molecule has 8 heterocycles. The highest BCUT2D eigenvalue weighted by Crippen LogP contribution is 2.59. The summed E-state index contributed by atoms with van der Waals surface area (Å²) in [5.41, 5.74) is 2.82. The topological polar surface area (TPSA) is 251 Å². The molecule has 3 fully saturated rings. The first-order valence-electron chi connectivity index (χ1n) is 26.8. The average Bonchev–Trinajstić information content (AvgIpc) is 4.35. The van der Waals surface area contributed by atoms with Crippen LogP contribution >= 0.6 is 13.4 Å². The van der Waals surface area contributed by atoms with Crippen LogP contribution < -0.4 is 10.2 Å². The molecule has 2 amide bonds. The van der Waals surface area contributed by atoms with Gasteiger partial charge in [-0.3, -0.25) is 28.1 Å². The Balaban J connectivity index is 1.06. The number of carbonyl (C=O) groups excluding carboxylic acids is 2. The van der Waals surface area contributed by atoms with Gasteiger partial charge >= 0.3 is 13.4 Å². The van der Waals surface area contributed by atoms with Crippen LogP contribution in [0.2, 0.25) is 36.3 Å². The highest BCUT2D eigenvalue weighted by Gasteiger charge is 2.57. The fraction of sp³-hybridized carbons (Fsp3) is 0.509. The van der Waals surface area contributed by atoms with Gasteiger partial charge in [0.25, 0.3) is 11.8 Å². The maximum Gasteiger partial charge on any atom is 0.327 e. The standard InChI is InChI=1S/C53H68N10O12P2S2Si2/c1-52(2,3)80(7,8)74-41-37-28-68-76(66,78)72-40-36(29-69-77(79,67-26-18-24-54)73-42(41)50(71-37)63-32-59-39-44(55-30-58-47(39)63)60-48(64)33-19-13-11-14-20-33)70-51(43(40)75-81(9,10)53(4,5)6)62-27-35-23-17-25-61(45-38(35)46(62)57-31-56-45)49(65)34-21-15-12-16-22-34/h11-16,19-22,27,30-32,36-37,40-43,50-51H,17-18,23,25-26,28-29H2,1-10H3,(H,66,78)(H,55,58,60,64)/t36-,37-,40-,41-,42-,43-,50-,51-,76?,77?/m1/s1. The number of benzene rings is 2. The van der Waals surface area contributed by atoms with Gasteiger partial charge in [-0.15, -0.1) is 0 Å². The van der Waals surface area contributed by atoms with E-state index in [-0.39, 0.29) is 59.2 Å². The number of aryl methyl sites for hydroxylation is 1. The van der Waals surface area contributed by atoms with Gasteiger partial charge in [-0.25, -0.2) is 24.9 Å². The summed E-state index contributed by atoms with van der Waals surface area (Å²) < 4.78 is 65.7. The van der Waals surface area contributed by atoms with Crippen molar-refractivity contribution in [3.63, 3.8) is 0 Å². The average molecular weight is 1220 g/mol. The number of nitriles is 1. The third-order valence-electron chi connectivity index (χ3n) is 16.0. The van der Waals surface area contributed by atoms with Crippen molar-refractivity contribution in [2.75, 3.05) is 36.6 Å². The number of carbonyl (C=O) groups is 2. The van der Waals surface area contributed by atoms with E-state index in [0.717, 1.165) is 5.56 Å². The normalized spacial score (nSPS) is 27.7. The summed E-state index contributed by atoms with van der Waals surface area (Å²) in [4.78, 5) is 65.0. The molecule has 4 aliphatic rings. The molecule has 4 aromatic heterocycles. The molecule has 6 aromatic rings. The van der Waals surface area contributed by atoms with Gasteiger partial charge in [0.05, 0.1) is 44.0 Å². The first-order chi connectivity index (χ1) is 38.3. The summed E-state index contributed by atoms with van der Waals surface area (Å²) in [5, 5.41) is 12.7. The maximum absolute atomic E-state index is 14.2. The van der Waals surface area contributed by atoms with Crippen molar-refractivity contribution >= 4 is 99.3 Å². The van der Waals surface area contributed by atoms with Crippen LogP contribution in [0, 0.1) is 11.3 Å². The minimum absolute atomic E-state index is 0.0541. The van der Waals surface area contributed by atoms with Crippen molar-refractivity contribution in [2.45, 2.75) is 146 Å². The van der Waals surface area contributed by atoms with E-state index in [4.69, 9.17) is 74.5 Å². The highest BCUT2D eigenvalue weighted by molar-refractivity contribution is 8.07. The Kier molecular flexibility index (Phi) is 17.0. The number of imidazole rings is 1. The van der Waals surface area contributed by atoms with Gasteiger partial charge < -0.3 is 46.7 Å². The second-order valence-corrected chi connectivity index (χ2v) is 38.7. The lowest BCUT2D eigenvalue weighted by Crippen LogP contribution is -2.50. The molecule has 0 spiro atoms. The van der Waals surface area contributed by atoms with Crippen LogP contribution in [0.25, 0.3) is 22.2 Å². The fourth-order valence-corrected chi connectivity index (χ4v) is 15.9. The zero-order valence-corrected chi connectivity index (χ0v) is 52.2. The summed E-state index contributed by atoms with van der Waals surface area (Å²) in [6.07, 6.45) is -1.23. The number of anilines is 2. The molecule has 4 aliphatic heterocycles. The smallest absolute Gasteiger partial charge is 0.327 e. The van der Waals surface area contributed by atoms with Crippen molar-refractivity contribution in [2.24, 2.45) is 0 Å². The quantitative estimate of drug-likeness (QED) is 0.0657. The van der Waals surface area contributed by atoms with Crippen molar-refractivity contribution in [3.8, 4) is 6.07 Å². The molecule has 28 heteroatoms. The second kappa shape index (κ2) is 23.1. The molecule has 2 unspecified atom stereocenters. The lowest BCUT2D eigenvalue weighted by Gasteiger charge is -2.41. The predicted octanol–water partition coefficient (Wildman–Crippen LogP) is 9.88. The largest absolute Gasteiger partial charge is 0.408 e. The van der Waals surface area contributed by atoms with Gasteiger partial charge in [-0.1, -0.05) is 77.9 Å². The maximum atomic E-state index is 14.2. The second-order valence-electron chi connectivity index (χ2n) is 23.5. The Labute approximate surface area is 482 Å². The number of rotatable bonds is 12. The first kappa shape index (κ1) is 59.5. The molecule has 10 atom stereocenters. The van der Waals surface area contributed by atoms with E-state index in [1.807, 2.05) is 35.0 Å². The van der Waals surface area contributed by atoms with Crippen molar-refractivity contribution in [1.29, 1.82) is 5.26 Å². The van der Waals surface area contributed by atoms with Crippen LogP contribution in [-0.4, -0.2) is 130 Å². The number of hydrogen-bond acceptors (Lipinski definition) is 19. The fourth-order valence-electron chi connectivity index (χ4n) is 9.74. The van der Waals surface area contributed by atoms with E-state index in [1.54, 1.807) is 45.9 Å². The molecule has 432 valence electrons. The number of nitrogens with one attached hydrogen (secondary N) is 1. The van der Waals surface area contributed by atoms with Gasteiger partial charge in [0.2, 0.25) is 0 Å². The molecular weight excluding hydrogens is 1150 g/mol. The molecule has 2 bridgehead atoms. The zero-order valence-electron chi connectivity index (χ0n) is 46.8. The van der Waals surface area contributed by atoms with Gasteiger partial charge in [0.15, 0.2) is 46.1 Å². The Morgan fingerprint density at radius 1 is 0.790 bits per heavy atom. The molecule has 2 aromatic carbocycles. The summed E-state index contributed by atoms with van der Waals surface area (Å²) in [5.74, 6) is 0.0105. The number of fused-ring (bicyclic) bond motifs is 4. The molecule has 81 heavy (non-hydrogen) atoms. The third-order valence-corrected chi connectivity index (χ3v) is 28.9. The summed E-state index contributed by atoms with van der Waals surface area (Å²) in [6, 6.07) is 19.9. The van der Waals surface area contributed by atoms with Crippen LogP contribution in [0.3, 0.4) is 0 Å². The van der Waals surface area contributed by atoms with Crippen LogP contribution in [0.5, 0.6) is 0 Å². The van der Waals surface area contributed by atoms with Gasteiger partial charge in [0, 0.05) is 23.9 Å². The number of amides is 2. The molecule has 3 saturated heterocycles. The number of ether oxygens (including phenoxy) is 2. The summed E-state index contributed by atoms with van der Waals surface area (Å²) in [7, 11) is -5.55. The predicted molar refractivity (Wildman–Crippen MR) is 314 cm³/mol. The molecule has 0 aliphatic carbocycles. The summed E-state index contributed by atoms with van der Waals surface area (Å²) in [6.45, 7) is 12.2. The molecule has 22 nitrogen and oxygen atoms in total. The van der Waals surface area contributed by atoms with Crippen LogP contribution in [-0.2, 0) is 71.0 Å². The Morgan fingerprint density at radius 2 is 1.42 bits per heavy atom. The van der Waals surface area contributed by atoms with E-state index in [2.05, 4.69) is 94.1 Å². The molecule has 2 N–H and O–H groups in total. The van der Waals surface area contributed by atoms with E-state index in [1.165, 1.54) is 19.0 Å². The van der Waals surface area contributed by atoms with Crippen LogP contribution in [0.15, 0.2) is 85.8 Å². The molecular formula is C53H68N10O12P2S2Si2. The van der Waals surface area contributed by atoms with Gasteiger partial charge in [0.1, 0.15) is 60.7 Å². The summed E-state index contributed by atoms with van der Waals surface area (Å²) >= 11 is 12.4. The van der Waals surface area contributed by atoms with E-state index >= 15 is 0 Å². The molecule has 10 rings (SSSR count). The minimum atomic E-state index is -4.32. The SMILES string of the molecule is CC(C)(C)[Si](C)(C)O[C@@H]1[C@@H]2OP(O)(=S)OC[C@H]3O[C@@H](n4cnc5c(NC(=O)c6ccccc6)ncnc54)[C@H](OP(=S)(OCCC#N)OC[C@H]2O[C@H]1n1cc2c4c(ncnc41)N(C(=O)c1ccccc1)CCC2)[C@@H]3O[Si](C)(C)C(C)(C)C. The highest BCUT2D eigenvalue weighted by atomic mass is 32.5. The van der Waals surface area contributed by atoms with E-state index < -0.39 is 85.1 Å². The van der Waals surface area contributed by atoms with Crippen LogP contribution in [0.1, 0.15) is 93.1 Å². The van der Waals surface area contributed by atoms with Crippen LogP contribution in [0.4, 0.5) is 11.6 Å². The number of aromatic nitrogens is 7.